The van der Waals surface area contributed by atoms with E-state index in [1.165, 1.54) is 0 Å². The van der Waals surface area contributed by atoms with Gasteiger partial charge in [-0.05, 0) is 48.3 Å². The summed E-state index contributed by atoms with van der Waals surface area (Å²) in [4.78, 5) is 27.0. The van der Waals surface area contributed by atoms with Gasteiger partial charge in [0.2, 0.25) is 6.79 Å². The topological polar surface area (TPSA) is 73.9 Å². The van der Waals surface area contributed by atoms with Gasteiger partial charge in [-0.25, -0.2) is 4.79 Å². The maximum atomic E-state index is 13.7. The summed E-state index contributed by atoms with van der Waals surface area (Å²) in [5.41, 5.74) is 4.71. The first-order chi connectivity index (χ1) is 17.1. The second-order valence-electron chi connectivity index (χ2n) is 8.87. The van der Waals surface area contributed by atoms with Crippen LogP contribution < -0.4 is 14.8 Å². The first-order valence-electron chi connectivity index (χ1n) is 12.0. The first kappa shape index (κ1) is 23.5. The highest BCUT2D eigenvalue weighted by Gasteiger charge is 2.41. The molecule has 7 heteroatoms. The second kappa shape index (κ2) is 10.2. The normalized spacial score (nSPS) is 21.0. The molecule has 3 aliphatic rings. The number of Topliss-reactive ketones (excluding diaryl/α,β-unsaturated/α-hetero) is 1. The van der Waals surface area contributed by atoms with Gasteiger partial charge in [-0.1, -0.05) is 43.3 Å². The molecule has 0 saturated carbocycles. The molecule has 0 unspecified atom stereocenters. The third kappa shape index (κ3) is 4.69. The highest BCUT2D eigenvalue weighted by Crippen LogP contribution is 2.47. The molecule has 182 valence electrons. The van der Waals surface area contributed by atoms with Gasteiger partial charge in [0.15, 0.2) is 17.3 Å². The third-order valence-electron chi connectivity index (χ3n) is 6.71. The van der Waals surface area contributed by atoms with Gasteiger partial charge in [0.1, 0.15) is 6.61 Å². The molecule has 1 aliphatic carbocycles. The second-order valence-corrected chi connectivity index (χ2v) is 10.3. The van der Waals surface area contributed by atoms with E-state index < -0.39 is 5.92 Å². The van der Waals surface area contributed by atoms with E-state index in [0.29, 0.717) is 42.1 Å². The van der Waals surface area contributed by atoms with Crippen molar-refractivity contribution in [3.05, 3.63) is 82.2 Å². The van der Waals surface area contributed by atoms with Crippen molar-refractivity contribution >= 4 is 23.5 Å². The number of ether oxygens (including phenoxy) is 3. The predicted molar refractivity (Wildman–Crippen MR) is 136 cm³/mol. The molecule has 0 fully saturated rings. The number of carbonyl (C=O) groups excluding carboxylic acids is 2. The van der Waals surface area contributed by atoms with Crippen molar-refractivity contribution in [2.45, 2.75) is 38.5 Å². The minimum absolute atomic E-state index is 0.0506. The lowest BCUT2D eigenvalue weighted by Crippen LogP contribution is -2.36. The van der Waals surface area contributed by atoms with Gasteiger partial charge in [-0.15, -0.1) is 0 Å². The summed E-state index contributed by atoms with van der Waals surface area (Å²) < 4.78 is 16.7. The van der Waals surface area contributed by atoms with Crippen molar-refractivity contribution in [1.29, 1.82) is 0 Å². The van der Waals surface area contributed by atoms with Crippen LogP contribution in [0.3, 0.4) is 0 Å². The van der Waals surface area contributed by atoms with E-state index in [1.54, 1.807) is 11.8 Å². The van der Waals surface area contributed by atoms with E-state index in [1.807, 2.05) is 43.3 Å². The van der Waals surface area contributed by atoms with Crippen LogP contribution in [-0.4, -0.2) is 36.7 Å². The predicted octanol–water partition coefficient (Wildman–Crippen LogP) is 5.07. The lowest BCUT2D eigenvalue weighted by Gasteiger charge is -2.36. The summed E-state index contributed by atoms with van der Waals surface area (Å²) in [5, 5.41) is 3.41. The van der Waals surface area contributed by atoms with Crippen LogP contribution in [0.25, 0.3) is 0 Å². The fourth-order valence-corrected chi connectivity index (χ4v) is 5.60. The quantitative estimate of drug-likeness (QED) is 0.428. The molecule has 2 atom stereocenters. The zero-order valence-corrected chi connectivity index (χ0v) is 20.8. The molecule has 2 aromatic rings. The molecule has 0 spiro atoms. The van der Waals surface area contributed by atoms with Crippen LogP contribution in [0.15, 0.2) is 71.1 Å². The molecule has 2 aliphatic heterocycles. The van der Waals surface area contributed by atoms with E-state index in [-0.39, 0.29) is 24.5 Å². The standard InChI is InChI=1S/C28H29NO5S/c1-3-35-12-11-32-28(31)25-17(2)29-21-13-20(18-7-5-4-6-8-18)14-22(30)27(21)26(25)19-9-10-23-24(15-19)34-16-33-23/h4-10,15,20,26,29H,3,11-14,16H2,1-2H3/t20-,26-/m1/s1. The minimum atomic E-state index is -0.517. The third-order valence-corrected chi connectivity index (χ3v) is 7.58. The molecule has 5 rings (SSSR count). The number of hydrogen-bond donors (Lipinski definition) is 1. The van der Waals surface area contributed by atoms with Gasteiger partial charge in [0.25, 0.3) is 0 Å². The summed E-state index contributed by atoms with van der Waals surface area (Å²) in [5.74, 6) is 2.23. The molecule has 35 heavy (non-hydrogen) atoms. The number of carbonyl (C=O) groups is 2. The Hall–Kier alpha value is -3.19. The molecule has 2 heterocycles. The van der Waals surface area contributed by atoms with Crippen LogP contribution in [-0.2, 0) is 14.3 Å². The van der Waals surface area contributed by atoms with Crippen molar-refractivity contribution in [2.24, 2.45) is 0 Å². The molecular formula is C28H29NO5S. The number of nitrogens with one attached hydrogen (secondary N) is 1. The van der Waals surface area contributed by atoms with Crippen LogP contribution in [0, 0.1) is 0 Å². The highest BCUT2D eigenvalue weighted by molar-refractivity contribution is 7.99. The number of allylic oxidation sites excluding steroid dienone is 3. The monoisotopic (exact) mass is 491 g/mol. The van der Waals surface area contributed by atoms with Crippen LogP contribution in [0.2, 0.25) is 0 Å². The molecule has 0 saturated heterocycles. The lowest BCUT2D eigenvalue weighted by molar-refractivity contribution is -0.138. The number of ketones is 1. The summed E-state index contributed by atoms with van der Waals surface area (Å²) in [6.07, 6.45) is 1.11. The Kier molecular flexibility index (Phi) is 6.86. The van der Waals surface area contributed by atoms with Gasteiger partial charge >= 0.3 is 5.97 Å². The smallest absolute Gasteiger partial charge is 0.336 e. The van der Waals surface area contributed by atoms with Crippen molar-refractivity contribution in [2.75, 3.05) is 24.9 Å². The Balaban J connectivity index is 1.53. The summed E-state index contributed by atoms with van der Waals surface area (Å²) in [6, 6.07) is 15.8. The average molecular weight is 492 g/mol. The largest absolute Gasteiger partial charge is 0.461 e. The van der Waals surface area contributed by atoms with Crippen LogP contribution in [0.4, 0.5) is 0 Å². The first-order valence-corrected chi connectivity index (χ1v) is 13.2. The van der Waals surface area contributed by atoms with E-state index in [4.69, 9.17) is 14.2 Å². The Morgan fingerprint density at radius 1 is 1.09 bits per heavy atom. The zero-order valence-electron chi connectivity index (χ0n) is 20.0. The maximum absolute atomic E-state index is 13.7. The Labute approximate surface area is 209 Å². The number of hydrogen-bond acceptors (Lipinski definition) is 7. The fourth-order valence-electron chi connectivity index (χ4n) is 5.11. The average Bonchev–Trinajstić information content (AvgIpc) is 3.34. The number of benzene rings is 2. The molecule has 0 amide bonds. The molecular weight excluding hydrogens is 462 g/mol. The van der Waals surface area contributed by atoms with E-state index in [2.05, 4.69) is 24.4 Å². The molecule has 1 N–H and O–H groups in total. The number of esters is 1. The van der Waals surface area contributed by atoms with Gasteiger partial charge in [-0.3, -0.25) is 4.79 Å². The lowest BCUT2D eigenvalue weighted by atomic mass is 9.71. The van der Waals surface area contributed by atoms with Gasteiger partial charge < -0.3 is 19.5 Å². The Bertz CT molecular complexity index is 1200. The zero-order chi connectivity index (χ0) is 24.4. The summed E-state index contributed by atoms with van der Waals surface area (Å²) >= 11 is 1.72. The van der Waals surface area contributed by atoms with Crippen LogP contribution >= 0.6 is 11.8 Å². The van der Waals surface area contributed by atoms with Gasteiger partial charge in [0, 0.05) is 35.1 Å². The number of rotatable bonds is 7. The van der Waals surface area contributed by atoms with E-state index in [0.717, 1.165) is 34.0 Å². The maximum Gasteiger partial charge on any atom is 0.336 e. The molecule has 6 nitrogen and oxygen atoms in total. The fraction of sp³-hybridized carbons (Fsp3) is 0.357. The Morgan fingerprint density at radius 3 is 2.69 bits per heavy atom. The van der Waals surface area contributed by atoms with Crippen molar-refractivity contribution in [1.82, 2.24) is 5.32 Å². The summed E-state index contributed by atoms with van der Waals surface area (Å²) in [7, 11) is 0. The summed E-state index contributed by atoms with van der Waals surface area (Å²) in [6.45, 7) is 4.45. The molecule has 0 radical (unpaired) electrons. The van der Waals surface area contributed by atoms with Crippen molar-refractivity contribution < 1.29 is 23.8 Å². The number of dihydropyridines is 1. The number of fused-ring (bicyclic) bond motifs is 1. The van der Waals surface area contributed by atoms with Gasteiger partial charge in [0.05, 0.1) is 5.57 Å². The molecule has 0 aromatic heterocycles. The van der Waals surface area contributed by atoms with Gasteiger partial charge in [-0.2, -0.15) is 11.8 Å². The van der Waals surface area contributed by atoms with E-state index >= 15 is 0 Å². The Morgan fingerprint density at radius 2 is 1.89 bits per heavy atom. The van der Waals surface area contributed by atoms with Crippen LogP contribution in [0.1, 0.15) is 49.7 Å². The van der Waals surface area contributed by atoms with Crippen molar-refractivity contribution in [3.63, 3.8) is 0 Å². The number of thioether (sulfide) groups is 1. The molecule has 2 aromatic carbocycles. The van der Waals surface area contributed by atoms with Crippen molar-refractivity contribution in [3.8, 4) is 11.5 Å². The molecule has 0 bridgehead atoms. The SMILES string of the molecule is CCSCCOC(=O)C1=C(C)NC2=C(C(=O)C[C@H](c3ccccc3)C2)[C@@H]1c1ccc2c(c1)OCO2. The minimum Gasteiger partial charge on any atom is -0.461 e. The van der Waals surface area contributed by atoms with Crippen LogP contribution in [0.5, 0.6) is 11.5 Å². The highest BCUT2D eigenvalue weighted by atomic mass is 32.2. The van der Waals surface area contributed by atoms with E-state index in [9.17, 15) is 9.59 Å².